The Balaban J connectivity index is 4.28. The Labute approximate surface area is 147 Å². The van der Waals surface area contributed by atoms with Crippen LogP contribution in [-0.2, 0) is 4.74 Å². The molecule has 0 amide bonds. The van der Waals surface area contributed by atoms with E-state index in [1.54, 1.807) is 0 Å². The lowest BCUT2D eigenvalue weighted by molar-refractivity contribution is -0.0169. The third-order valence-corrected chi connectivity index (χ3v) is 4.98. The molecular formula is C21H45NO. The summed E-state index contributed by atoms with van der Waals surface area (Å²) in [6, 6.07) is 0. The Bertz CT molecular complexity index is 251. The number of unbranched alkanes of at least 4 members (excludes halogenated alkanes) is 6. The summed E-state index contributed by atoms with van der Waals surface area (Å²) >= 11 is 0. The molecule has 0 radical (unpaired) electrons. The van der Waals surface area contributed by atoms with Gasteiger partial charge in [0.25, 0.3) is 0 Å². The number of hydrogen-bond donors (Lipinski definition) is 1. The van der Waals surface area contributed by atoms with Crippen molar-refractivity contribution in [2.45, 2.75) is 123 Å². The van der Waals surface area contributed by atoms with Gasteiger partial charge in [0, 0.05) is 12.1 Å². The molecule has 0 rings (SSSR count). The smallest absolute Gasteiger partial charge is 0.0638 e. The summed E-state index contributed by atoms with van der Waals surface area (Å²) in [5, 5.41) is 3.88. The van der Waals surface area contributed by atoms with Gasteiger partial charge in [0.05, 0.1) is 5.60 Å². The van der Waals surface area contributed by atoms with Crippen LogP contribution in [0.4, 0.5) is 0 Å². The molecule has 0 fully saturated rings. The molecule has 0 bridgehead atoms. The molecule has 0 aromatic heterocycles. The Morgan fingerprint density at radius 1 is 0.696 bits per heavy atom. The molecule has 2 nitrogen and oxygen atoms in total. The first-order valence-corrected chi connectivity index (χ1v) is 10.3. The minimum absolute atomic E-state index is 0.00686. The van der Waals surface area contributed by atoms with Crippen molar-refractivity contribution in [3.05, 3.63) is 0 Å². The first-order chi connectivity index (χ1) is 10.9. The van der Waals surface area contributed by atoms with E-state index in [0.29, 0.717) is 5.54 Å². The maximum Gasteiger partial charge on any atom is 0.0638 e. The summed E-state index contributed by atoms with van der Waals surface area (Å²) in [5.41, 5.74) is 0.302. The van der Waals surface area contributed by atoms with Crippen molar-refractivity contribution in [1.82, 2.24) is 5.32 Å². The van der Waals surface area contributed by atoms with Crippen LogP contribution in [0, 0.1) is 0 Å². The van der Waals surface area contributed by atoms with Crippen molar-refractivity contribution >= 4 is 0 Å². The van der Waals surface area contributed by atoms with Gasteiger partial charge < -0.3 is 10.1 Å². The molecule has 23 heavy (non-hydrogen) atoms. The van der Waals surface area contributed by atoms with Crippen molar-refractivity contribution in [1.29, 1.82) is 0 Å². The first kappa shape index (κ1) is 22.9. The second kappa shape index (κ2) is 13.2. The van der Waals surface area contributed by atoms with Crippen LogP contribution in [0.1, 0.15) is 112 Å². The molecule has 0 atom stereocenters. The average molecular weight is 328 g/mol. The fourth-order valence-corrected chi connectivity index (χ4v) is 3.31. The van der Waals surface area contributed by atoms with E-state index in [1.165, 1.54) is 64.2 Å². The second-order valence-electron chi connectivity index (χ2n) is 8.05. The number of nitrogens with one attached hydrogen (secondary N) is 1. The average Bonchev–Trinajstić information content (AvgIpc) is 2.48. The molecule has 0 aliphatic carbocycles. The highest BCUT2D eigenvalue weighted by atomic mass is 16.5. The molecule has 0 aromatic rings. The highest BCUT2D eigenvalue weighted by Crippen LogP contribution is 2.23. The Hall–Kier alpha value is -0.0800. The van der Waals surface area contributed by atoms with Crippen molar-refractivity contribution in [3.63, 3.8) is 0 Å². The van der Waals surface area contributed by atoms with E-state index in [0.717, 1.165) is 19.6 Å². The van der Waals surface area contributed by atoms with Gasteiger partial charge in [-0.3, -0.25) is 0 Å². The van der Waals surface area contributed by atoms with Gasteiger partial charge in [-0.1, -0.05) is 65.2 Å². The van der Waals surface area contributed by atoms with Gasteiger partial charge in [-0.25, -0.2) is 0 Å². The summed E-state index contributed by atoms with van der Waals surface area (Å²) in [7, 11) is 0. The topological polar surface area (TPSA) is 21.3 Å². The van der Waals surface area contributed by atoms with E-state index in [2.05, 4.69) is 46.9 Å². The molecule has 140 valence electrons. The van der Waals surface area contributed by atoms with Crippen LogP contribution in [-0.4, -0.2) is 24.3 Å². The van der Waals surface area contributed by atoms with Gasteiger partial charge in [-0.05, 0) is 53.5 Å². The van der Waals surface area contributed by atoms with Gasteiger partial charge >= 0.3 is 0 Å². The fourth-order valence-electron chi connectivity index (χ4n) is 3.31. The third kappa shape index (κ3) is 12.9. The van der Waals surface area contributed by atoms with Crippen molar-refractivity contribution in [3.8, 4) is 0 Å². The van der Waals surface area contributed by atoms with E-state index < -0.39 is 0 Å². The summed E-state index contributed by atoms with van der Waals surface area (Å²) < 4.78 is 5.83. The predicted molar refractivity (Wildman–Crippen MR) is 104 cm³/mol. The van der Waals surface area contributed by atoms with E-state index in [9.17, 15) is 0 Å². The maximum atomic E-state index is 5.83. The molecule has 0 aromatic carbocycles. The summed E-state index contributed by atoms with van der Waals surface area (Å²) in [4.78, 5) is 0. The summed E-state index contributed by atoms with van der Waals surface area (Å²) in [6.45, 7) is 15.4. The summed E-state index contributed by atoms with van der Waals surface area (Å²) in [6.07, 6.45) is 14.6. The van der Waals surface area contributed by atoms with Crippen LogP contribution in [0.15, 0.2) is 0 Å². The van der Waals surface area contributed by atoms with Crippen LogP contribution >= 0.6 is 0 Å². The molecule has 0 saturated carbocycles. The van der Waals surface area contributed by atoms with Crippen LogP contribution in [0.5, 0.6) is 0 Å². The highest BCUT2D eigenvalue weighted by molar-refractivity contribution is 4.84. The molecule has 0 aliphatic rings. The summed E-state index contributed by atoms with van der Waals surface area (Å²) in [5.74, 6) is 0. The number of rotatable bonds is 16. The quantitative estimate of drug-likeness (QED) is 0.327. The van der Waals surface area contributed by atoms with E-state index in [1.807, 2.05) is 0 Å². The number of ether oxygens (including phenoxy) is 1. The Morgan fingerprint density at radius 3 is 1.65 bits per heavy atom. The first-order valence-electron chi connectivity index (χ1n) is 10.3. The standard InChI is InChI=1S/C21H45NO/c1-7-10-12-14-16-21(6,17-15-13-11-8-2)22-19-18-20(4,5)23-9-3/h22H,7-19H2,1-6H3. The van der Waals surface area contributed by atoms with Gasteiger partial charge in [-0.2, -0.15) is 0 Å². The predicted octanol–water partition coefficient (Wildman–Crippen LogP) is 6.48. The Morgan fingerprint density at radius 2 is 1.22 bits per heavy atom. The molecule has 1 N–H and O–H groups in total. The van der Waals surface area contributed by atoms with Gasteiger partial charge in [0.15, 0.2) is 0 Å². The highest BCUT2D eigenvalue weighted by Gasteiger charge is 2.24. The normalized spacial score (nSPS) is 12.8. The SMILES string of the molecule is CCCCCCC(C)(CCCCCC)NCCC(C)(C)OCC. The zero-order valence-electron chi connectivity index (χ0n) is 17.1. The van der Waals surface area contributed by atoms with Crippen LogP contribution < -0.4 is 5.32 Å². The van der Waals surface area contributed by atoms with Gasteiger partial charge in [-0.15, -0.1) is 0 Å². The number of hydrogen-bond acceptors (Lipinski definition) is 2. The van der Waals surface area contributed by atoms with Crippen LogP contribution in [0.25, 0.3) is 0 Å². The van der Waals surface area contributed by atoms with Crippen molar-refractivity contribution in [2.75, 3.05) is 13.2 Å². The molecule has 0 heterocycles. The zero-order chi connectivity index (χ0) is 17.6. The minimum Gasteiger partial charge on any atom is -0.376 e. The molecule has 0 aliphatic heterocycles. The lowest BCUT2D eigenvalue weighted by atomic mass is 9.87. The van der Waals surface area contributed by atoms with Crippen molar-refractivity contribution in [2.24, 2.45) is 0 Å². The molecular weight excluding hydrogens is 282 g/mol. The maximum absolute atomic E-state index is 5.83. The van der Waals surface area contributed by atoms with E-state index >= 15 is 0 Å². The lowest BCUT2D eigenvalue weighted by Crippen LogP contribution is -2.44. The van der Waals surface area contributed by atoms with Crippen LogP contribution in [0.3, 0.4) is 0 Å². The van der Waals surface area contributed by atoms with Gasteiger partial charge in [0.2, 0.25) is 0 Å². The van der Waals surface area contributed by atoms with E-state index in [4.69, 9.17) is 4.74 Å². The molecule has 2 heteroatoms. The van der Waals surface area contributed by atoms with Crippen LogP contribution in [0.2, 0.25) is 0 Å². The monoisotopic (exact) mass is 327 g/mol. The third-order valence-electron chi connectivity index (χ3n) is 4.98. The fraction of sp³-hybridized carbons (Fsp3) is 1.00. The Kier molecular flexibility index (Phi) is 13.2. The van der Waals surface area contributed by atoms with Crippen molar-refractivity contribution < 1.29 is 4.74 Å². The molecule has 0 saturated heterocycles. The lowest BCUT2D eigenvalue weighted by Gasteiger charge is -2.34. The second-order valence-corrected chi connectivity index (χ2v) is 8.05. The molecule has 0 unspecified atom stereocenters. The largest absolute Gasteiger partial charge is 0.376 e. The zero-order valence-corrected chi connectivity index (χ0v) is 17.1. The minimum atomic E-state index is -0.00686. The molecule has 0 spiro atoms. The van der Waals surface area contributed by atoms with Gasteiger partial charge in [0.1, 0.15) is 0 Å². The van der Waals surface area contributed by atoms with E-state index in [-0.39, 0.29) is 5.60 Å².